The van der Waals surface area contributed by atoms with E-state index in [9.17, 15) is 5.11 Å². The van der Waals surface area contributed by atoms with Crippen molar-refractivity contribution in [1.82, 2.24) is 14.9 Å². The molecule has 1 N–H and O–H groups in total. The molecule has 5 heteroatoms. The summed E-state index contributed by atoms with van der Waals surface area (Å²) in [5, 5.41) is 10.2. The maximum Gasteiger partial charge on any atom is 0.225 e. The number of hydrogen-bond donors (Lipinski definition) is 1. The molecule has 2 aromatic rings. The van der Waals surface area contributed by atoms with E-state index >= 15 is 0 Å². The number of aromatic nitrogens is 2. The lowest BCUT2D eigenvalue weighted by molar-refractivity contribution is 0.154. The molecule has 1 aliphatic rings. The third-order valence-corrected chi connectivity index (χ3v) is 4.76. The van der Waals surface area contributed by atoms with Gasteiger partial charge in [-0.05, 0) is 44.9 Å². The highest BCUT2D eigenvalue weighted by Crippen LogP contribution is 2.18. The van der Waals surface area contributed by atoms with Crippen LogP contribution >= 0.6 is 0 Å². The lowest BCUT2D eigenvalue weighted by atomic mass is 10.0. The largest absolute Gasteiger partial charge is 0.388 e. The number of piperazine rings is 1. The summed E-state index contributed by atoms with van der Waals surface area (Å²) in [5.74, 6) is 0.858. The van der Waals surface area contributed by atoms with E-state index < -0.39 is 0 Å². The Kier molecular flexibility index (Phi) is 6.00. The Hall–Kier alpha value is -1.98. The third kappa shape index (κ3) is 5.00. The zero-order chi connectivity index (χ0) is 17.6. The highest BCUT2D eigenvalue weighted by Gasteiger charge is 2.19. The second-order valence-electron chi connectivity index (χ2n) is 6.85. The van der Waals surface area contributed by atoms with E-state index in [2.05, 4.69) is 19.8 Å². The summed E-state index contributed by atoms with van der Waals surface area (Å²) in [6.07, 6.45) is 1.46. The number of rotatable bonds is 6. The molecule has 0 bridgehead atoms. The minimum atomic E-state index is -0.355. The molecule has 3 rings (SSSR count). The number of anilines is 1. The molecular formula is C20H28N4O. The first-order chi connectivity index (χ1) is 12.1. The van der Waals surface area contributed by atoms with Crippen LogP contribution < -0.4 is 4.90 Å². The van der Waals surface area contributed by atoms with Gasteiger partial charge in [0.15, 0.2) is 0 Å². The van der Waals surface area contributed by atoms with Crippen LogP contribution in [0.5, 0.6) is 0 Å². The first-order valence-corrected chi connectivity index (χ1v) is 9.14. The highest BCUT2D eigenvalue weighted by atomic mass is 16.3. The predicted molar refractivity (Wildman–Crippen MR) is 101 cm³/mol. The van der Waals surface area contributed by atoms with Crippen molar-refractivity contribution >= 4 is 5.95 Å². The summed E-state index contributed by atoms with van der Waals surface area (Å²) < 4.78 is 0. The molecule has 1 atom stereocenters. The summed E-state index contributed by atoms with van der Waals surface area (Å²) in [5.41, 5.74) is 3.07. The van der Waals surface area contributed by atoms with Crippen molar-refractivity contribution in [1.29, 1.82) is 0 Å². The van der Waals surface area contributed by atoms with Gasteiger partial charge < -0.3 is 10.0 Å². The Labute approximate surface area is 150 Å². The summed E-state index contributed by atoms with van der Waals surface area (Å²) in [6.45, 7) is 9.05. The standard InChI is InChI=1S/C20H28N4O/c1-16-15-17(2)22-20(21-16)24-13-11-23(12-14-24)10-6-9-19(25)18-7-4-3-5-8-18/h3-5,7-8,15,19,25H,6,9-14H2,1-2H3. The Morgan fingerprint density at radius 1 is 1.00 bits per heavy atom. The molecule has 5 nitrogen and oxygen atoms in total. The zero-order valence-electron chi connectivity index (χ0n) is 15.2. The molecule has 1 unspecified atom stereocenters. The number of benzene rings is 1. The first-order valence-electron chi connectivity index (χ1n) is 9.14. The van der Waals surface area contributed by atoms with Crippen molar-refractivity contribution in [3.05, 3.63) is 53.3 Å². The van der Waals surface area contributed by atoms with E-state index in [1.54, 1.807) is 0 Å². The van der Waals surface area contributed by atoms with Crippen LogP contribution in [0.25, 0.3) is 0 Å². The molecule has 1 saturated heterocycles. The van der Waals surface area contributed by atoms with Crippen LogP contribution in [0.3, 0.4) is 0 Å². The lowest BCUT2D eigenvalue weighted by Crippen LogP contribution is -2.47. The molecule has 0 amide bonds. The first kappa shape index (κ1) is 17.8. The van der Waals surface area contributed by atoms with Crippen LogP contribution in [-0.4, -0.2) is 52.7 Å². The van der Waals surface area contributed by atoms with Crippen molar-refractivity contribution < 1.29 is 5.11 Å². The van der Waals surface area contributed by atoms with E-state index in [1.165, 1.54) is 0 Å². The second kappa shape index (κ2) is 8.41. The van der Waals surface area contributed by atoms with Gasteiger partial charge in [-0.3, -0.25) is 4.90 Å². The second-order valence-corrected chi connectivity index (χ2v) is 6.85. The van der Waals surface area contributed by atoms with Crippen LogP contribution in [0.1, 0.15) is 35.9 Å². The number of aliphatic hydroxyl groups excluding tert-OH is 1. The molecule has 2 heterocycles. The van der Waals surface area contributed by atoms with E-state index in [4.69, 9.17) is 0 Å². The molecule has 1 fully saturated rings. The molecule has 0 spiro atoms. The average Bonchev–Trinajstić information content (AvgIpc) is 2.62. The van der Waals surface area contributed by atoms with Crippen LogP contribution in [-0.2, 0) is 0 Å². The Balaban J connectivity index is 1.42. The maximum atomic E-state index is 10.2. The van der Waals surface area contributed by atoms with Gasteiger partial charge in [0, 0.05) is 37.6 Å². The number of hydrogen-bond acceptors (Lipinski definition) is 5. The van der Waals surface area contributed by atoms with Crippen molar-refractivity contribution in [3.8, 4) is 0 Å². The Bertz CT molecular complexity index is 648. The lowest BCUT2D eigenvalue weighted by Gasteiger charge is -2.35. The summed E-state index contributed by atoms with van der Waals surface area (Å²) in [7, 11) is 0. The van der Waals surface area contributed by atoms with Gasteiger partial charge in [-0.25, -0.2) is 9.97 Å². The maximum absolute atomic E-state index is 10.2. The van der Waals surface area contributed by atoms with Crippen molar-refractivity contribution in [2.45, 2.75) is 32.8 Å². The van der Waals surface area contributed by atoms with E-state index in [1.807, 2.05) is 50.2 Å². The van der Waals surface area contributed by atoms with Crippen LogP contribution in [0.2, 0.25) is 0 Å². The average molecular weight is 340 g/mol. The Morgan fingerprint density at radius 3 is 2.28 bits per heavy atom. The SMILES string of the molecule is Cc1cc(C)nc(N2CCN(CCCC(O)c3ccccc3)CC2)n1. The quantitative estimate of drug-likeness (QED) is 0.876. The fourth-order valence-electron chi connectivity index (χ4n) is 3.37. The smallest absolute Gasteiger partial charge is 0.225 e. The zero-order valence-corrected chi connectivity index (χ0v) is 15.2. The normalized spacial score (nSPS) is 16.8. The Morgan fingerprint density at radius 2 is 1.64 bits per heavy atom. The van der Waals surface area contributed by atoms with Crippen molar-refractivity contribution in [3.63, 3.8) is 0 Å². The van der Waals surface area contributed by atoms with Gasteiger partial charge in [-0.1, -0.05) is 30.3 Å². The third-order valence-electron chi connectivity index (χ3n) is 4.76. The molecule has 0 radical (unpaired) electrons. The number of nitrogens with zero attached hydrogens (tertiary/aromatic N) is 4. The molecule has 134 valence electrons. The molecule has 0 saturated carbocycles. The van der Waals surface area contributed by atoms with Crippen LogP contribution in [0, 0.1) is 13.8 Å². The van der Waals surface area contributed by atoms with Crippen molar-refractivity contribution in [2.75, 3.05) is 37.6 Å². The summed E-state index contributed by atoms with van der Waals surface area (Å²) in [4.78, 5) is 13.9. The molecule has 1 aliphatic heterocycles. The van der Waals surface area contributed by atoms with Gasteiger partial charge in [-0.15, -0.1) is 0 Å². The monoisotopic (exact) mass is 340 g/mol. The molecule has 1 aromatic heterocycles. The minimum absolute atomic E-state index is 0.355. The molecule has 0 aliphatic carbocycles. The van der Waals surface area contributed by atoms with Gasteiger partial charge in [-0.2, -0.15) is 0 Å². The summed E-state index contributed by atoms with van der Waals surface area (Å²) >= 11 is 0. The fourth-order valence-corrected chi connectivity index (χ4v) is 3.37. The van der Waals surface area contributed by atoms with Crippen LogP contribution in [0.4, 0.5) is 5.95 Å². The number of aryl methyl sites for hydroxylation is 2. The molecule has 1 aromatic carbocycles. The van der Waals surface area contributed by atoms with E-state index in [0.717, 1.165) is 68.5 Å². The van der Waals surface area contributed by atoms with Gasteiger partial charge in [0.2, 0.25) is 5.95 Å². The topological polar surface area (TPSA) is 52.5 Å². The predicted octanol–water partition coefficient (Wildman–Crippen LogP) is 2.73. The molecule has 25 heavy (non-hydrogen) atoms. The van der Waals surface area contributed by atoms with Gasteiger partial charge in [0.05, 0.1) is 6.10 Å². The van der Waals surface area contributed by atoms with Crippen molar-refractivity contribution in [2.24, 2.45) is 0 Å². The summed E-state index contributed by atoms with van der Waals surface area (Å²) in [6, 6.07) is 11.9. The fraction of sp³-hybridized carbons (Fsp3) is 0.500. The molecular weight excluding hydrogens is 312 g/mol. The number of aliphatic hydroxyl groups is 1. The minimum Gasteiger partial charge on any atom is -0.388 e. The van der Waals surface area contributed by atoms with E-state index in [-0.39, 0.29) is 6.10 Å². The highest BCUT2D eigenvalue weighted by molar-refractivity contribution is 5.32. The van der Waals surface area contributed by atoms with Crippen LogP contribution in [0.15, 0.2) is 36.4 Å². The van der Waals surface area contributed by atoms with Gasteiger partial charge in [0.1, 0.15) is 0 Å². The van der Waals surface area contributed by atoms with Gasteiger partial charge in [0.25, 0.3) is 0 Å². The van der Waals surface area contributed by atoms with Gasteiger partial charge >= 0.3 is 0 Å². The van der Waals surface area contributed by atoms with E-state index in [0.29, 0.717) is 0 Å².